The van der Waals surface area contributed by atoms with E-state index in [1.807, 2.05) is 26.0 Å². The van der Waals surface area contributed by atoms with E-state index >= 15 is 0 Å². The SMILES string of the molecule is Cc1cc(C)c(C(C)(O)c2cccnc2)cc1C. The molecule has 1 aromatic heterocycles. The number of benzene rings is 1. The number of aryl methyl sites for hydroxylation is 3. The van der Waals surface area contributed by atoms with Crippen LogP contribution in [0.3, 0.4) is 0 Å². The normalized spacial score (nSPS) is 14.3. The summed E-state index contributed by atoms with van der Waals surface area (Å²) in [6, 6.07) is 7.94. The Morgan fingerprint density at radius 1 is 1.06 bits per heavy atom. The zero-order valence-electron chi connectivity index (χ0n) is 11.4. The molecular formula is C16H19NO. The Labute approximate surface area is 108 Å². The van der Waals surface area contributed by atoms with Crippen LogP contribution in [0.15, 0.2) is 36.7 Å². The van der Waals surface area contributed by atoms with Gasteiger partial charge in [0.2, 0.25) is 0 Å². The maximum atomic E-state index is 10.8. The van der Waals surface area contributed by atoms with Crippen LogP contribution in [-0.4, -0.2) is 10.1 Å². The molecule has 2 aromatic rings. The highest BCUT2D eigenvalue weighted by atomic mass is 16.3. The van der Waals surface area contributed by atoms with E-state index in [1.165, 1.54) is 11.1 Å². The number of aliphatic hydroxyl groups is 1. The van der Waals surface area contributed by atoms with Gasteiger partial charge in [0, 0.05) is 18.0 Å². The topological polar surface area (TPSA) is 33.1 Å². The summed E-state index contributed by atoms with van der Waals surface area (Å²) < 4.78 is 0. The highest BCUT2D eigenvalue weighted by Gasteiger charge is 2.27. The molecule has 1 aromatic carbocycles. The summed E-state index contributed by atoms with van der Waals surface area (Å²) in [4.78, 5) is 4.09. The largest absolute Gasteiger partial charge is 0.381 e. The molecule has 2 heteroatoms. The van der Waals surface area contributed by atoms with Crippen molar-refractivity contribution in [1.82, 2.24) is 4.98 Å². The fourth-order valence-electron chi connectivity index (χ4n) is 2.29. The van der Waals surface area contributed by atoms with E-state index in [1.54, 1.807) is 12.4 Å². The summed E-state index contributed by atoms with van der Waals surface area (Å²) in [6.45, 7) is 8.01. The second-order valence-electron chi connectivity index (χ2n) is 5.07. The Morgan fingerprint density at radius 3 is 2.33 bits per heavy atom. The first-order chi connectivity index (χ1) is 8.43. The van der Waals surface area contributed by atoms with Gasteiger partial charge in [0.05, 0.1) is 0 Å². The summed E-state index contributed by atoms with van der Waals surface area (Å²) in [5.41, 5.74) is 4.30. The summed E-state index contributed by atoms with van der Waals surface area (Å²) in [5, 5.41) is 10.8. The van der Waals surface area contributed by atoms with Crippen LogP contribution in [0, 0.1) is 20.8 Å². The molecule has 1 heterocycles. The molecule has 0 aliphatic rings. The van der Waals surface area contributed by atoms with Crippen molar-refractivity contribution in [1.29, 1.82) is 0 Å². The fraction of sp³-hybridized carbons (Fsp3) is 0.312. The smallest absolute Gasteiger partial charge is 0.114 e. The lowest BCUT2D eigenvalue weighted by Gasteiger charge is -2.27. The molecule has 0 aliphatic heterocycles. The average Bonchev–Trinajstić information content (AvgIpc) is 2.34. The van der Waals surface area contributed by atoms with Crippen LogP contribution < -0.4 is 0 Å². The first-order valence-electron chi connectivity index (χ1n) is 6.14. The standard InChI is InChI=1S/C16H19NO/c1-11-8-13(3)15(9-12(11)2)16(4,18)14-6-5-7-17-10-14/h5-10,18H,1-4H3. The number of rotatable bonds is 2. The van der Waals surface area contributed by atoms with E-state index in [0.29, 0.717) is 0 Å². The van der Waals surface area contributed by atoms with Crippen LogP contribution in [-0.2, 0) is 5.60 Å². The van der Waals surface area contributed by atoms with Crippen LogP contribution in [0.4, 0.5) is 0 Å². The number of hydrogen-bond donors (Lipinski definition) is 1. The zero-order valence-corrected chi connectivity index (χ0v) is 11.4. The number of hydrogen-bond acceptors (Lipinski definition) is 2. The molecule has 0 saturated heterocycles. The molecule has 2 nitrogen and oxygen atoms in total. The van der Waals surface area contributed by atoms with Gasteiger partial charge in [0.25, 0.3) is 0 Å². The summed E-state index contributed by atoms with van der Waals surface area (Å²) in [5.74, 6) is 0. The van der Waals surface area contributed by atoms with Gasteiger partial charge in [-0.15, -0.1) is 0 Å². The number of aromatic nitrogens is 1. The molecule has 1 N–H and O–H groups in total. The Morgan fingerprint density at radius 2 is 1.72 bits per heavy atom. The van der Waals surface area contributed by atoms with E-state index in [-0.39, 0.29) is 0 Å². The third-order valence-electron chi connectivity index (χ3n) is 3.59. The summed E-state index contributed by atoms with van der Waals surface area (Å²) >= 11 is 0. The van der Waals surface area contributed by atoms with Gasteiger partial charge in [-0.1, -0.05) is 18.2 Å². The number of pyridine rings is 1. The van der Waals surface area contributed by atoms with Gasteiger partial charge in [-0.25, -0.2) is 0 Å². The highest BCUT2D eigenvalue weighted by Crippen LogP contribution is 2.32. The predicted octanol–water partition coefficient (Wildman–Crippen LogP) is 3.26. The molecule has 2 rings (SSSR count). The lowest BCUT2D eigenvalue weighted by Crippen LogP contribution is -2.24. The minimum absolute atomic E-state index is 0.816. The second-order valence-corrected chi connectivity index (χ2v) is 5.07. The van der Waals surface area contributed by atoms with Crippen LogP contribution in [0.5, 0.6) is 0 Å². The van der Waals surface area contributed by atoms with Gasteiger partial charge >= 0.3 is 0 Å². The monoisotopic (exact) mass is 241 g/mol. The van der Waals surface area contributed by atoms with Crippen LogP contribution in [0.2, 0.25) is 0 Å². The average molecular weight is 241 g/mol. The van der Waals surface area contributed by atoms with Gasteiger partial charge < -0.3 is 5.11 Å². The minimum Gasteiger partial charge on any atom is -0.381 e. The Hall–Kier alpha value is -1.67. The van der Waals surface area contributed by atoms with Crippen molar-refractivity contribution in [3.05, 3.63) is 64.5 Å². The quantitative estimate of drug-likeness (QED) is 0.875. The van der Waals surface area contributed by atoms with Crippen molar-refractivity contribution in [3.8, 4) is 0 Å². The van der Waals surface area contributed by atoms with Crippen molar-refractivity contribution in [2.24, 2.45) is 0 Å². The van der Waals surface area contributed by atoms with Crippen molar-refractivity contribution in [2.45, 2.75) is 33.3 Å². The first kappa shape index (κ1) is 12.8. The second kappa shape index (κ2) is 4.54. The van der Waals surface area contributed by atoms with Gasteiger partial charge in [0.1, 0.15) is 5.60 Å². The predicted molar refractivity (Wildman–Crippen MR) is 73.6 cm³/mol. The molecule has 0 radical (unpaired) electrons. The van der Waals surface area contributed by atoms with E-state index in [2.05, 4.69) is 31.0 Å². The maximum Gasteiger partial charge on any atom is 0.114 e. The molecule has 0 saturated carbocycles. The van der Waals surface area contributed by atoms with Crippen molar-refractivity contribution in [2.75, 3.05) is 0 Å². The molecule has 0 bridgehead atoms. The fourth-order valence-corrected chi connectivity index (χ4v) is 2.29. The van der Waals surface area contributed by atoms with Crippen molar-refractivity contribution >= 4 is 0 Å². The summed E-state index contributed by atoms with van der Waals surface area (Å²) in [6.07, 6.45) is 3.43. The van der Waals surface area contributed by atoms with E-state index in [0.717, 1.165) is 16.7 Å². The van der Waals surface area contributed by atoms with Crippen LogP contribution >= 0.6 is 0 Å². The Balaban J connectivity index is 2.58. The van der Waals surface area contributed by atoms with Crippen LogP contribution in [0.1, 0.15) is 34.7 Å². The zero-order chi connectivity index (χ0) is 13.3. The van der Waals surface area contributed by atoms with Gasteiger partial charge in [-0.2, -0.15) is 0 Å². The van der Waals surface area contributed by atoms with Crippen molar-refractivity contribution in [3.63, 3.8) is 0 Å². The third-order valence-corrected chi connectivity index (χ3v) is 3.59. The molecule has 94 valence electrons. The maximum absolute atomic E-state index is 10.8. The van der Waals surface area contributed by atoms with Gasteiger partial charge in [0.15, 0.2) is 0 Å². The molecule has 0 amide bonds. The molecule has 1 atom stereocenters. The highest BCUT2D eigenvalue weighted by molar-refractivity contribution is 5.43. The Kier molecular flexibility index (Phi) is 3.22. The molecule has 0 aliphatic carbocycles. The molecular weight excluding hydrogens is 222 g/mol. The van der Waals surface area contributed by atoms with Gasteiger partial charge in [-0.05, 0) is 56.0 Å². The van der Waals surface area contributed by atoms with Crippen LogP contribution in [0.25, 0.3) is 0 Å². The third kappa shape index (κ3) is 2.16. The molecule has 1 unspecified atom stereocenters. The lowest BCUT2D eigenvalue weighted by molar-refractivity contribution is 0.101. The van der Waals surface area contributed by atoms with E-state index in [9.17, 15) is 5.11 Å². The first-order valence-corrected chi connectivity index (χ1v) is 6.14. The van der Waals surface area contributed by atoms with Crippen molar-refractivity contribution < 1.29 is 5.11 Å². The molecule has 0 spiro atoms. The molecule has 18 heavy (non-hydrogen) atoms. The Bertz CT molecular complexity index is 559. The lowest BCUT2D eigenvalue weighted by atomic mass is 9.84. The van der Waals surface area contributed by atoms with E-state index in [4.69, 9.17) is 0 Å². The van der Waals surface area contributed by atoms with E-state index < -0.39 is 5.60 Å². The number of nitrogens with zero attached hydrogens (tertiary/aromatic N) is 1. The summed E-state index contributed by atoms with van der Waals surface area (Å²) in [7, 11) is 0. The minimum atomic E-state index is -1.00. The van der Waals surface area contributed by atoms with Gasteiger partial charge in [-0.3, -0.25) is 4.98 Å². The molecule has 0 fully saturated rings.